The molecule has 0 saturated carbocycles. The number of hydrogen-bond donors (Lipinski definition) is 2. The van der Waals surface area contributed by atoms with Crippen LogP contribution in [0.3, 0.4) is 0 Å². The third kappa shape index (κ3) is 8.55. The molecule has 1 rings (SSSR count). The number of rotatable bonds is 13. The Bertz CT molecular complexity index is 483. The maximum absolute atomic E-state index is 9.56. The maximum atomic E-state index is 9.56. The zero-order valence-electron chi connectivity index (χ0n) is 17.6. The molecule has 0 amide bonds. The van der Waals surface area contributed by atoms with Gasteiger partial charge >= 0.3 is 0 Å². The van der Waals surface area contributed by atoms with Gasteiger partial charge in [-0.3, -0.25) is 0 Å². The van der Waals surface area contributed by atoms with E-state index in [1.807, 2.05) is 12.1 Å². The Morgan fingerprint density at radius 2 is 1.65 bits per heavy atom. The van der Waals surface area contributed by atoms with E-state index in [0.717, 1.165) is 43.5 Å². The van der Waals surface area contributed by atoms with Gasteiger partial charge in [0.15, 0.2) is 0 Å². The van der Waals surface area contributed by atoms with E-state index in [-0.39, 0.29) is 12.5 Å². The first-order valence-corrected chi connectivity index (χ1v) is 10.4. The quantitative estimate of drug-likeness (QED) is 0.507. The van der Waals surface area contributed by atoms with Gasteiger partial charge in [0.2, 0.25) is 0 Å². The van der Waals surface area contributed by atoms with Crippen LogP contribution in [0.2, 0.25) is 0 Å². The van der Waals surface area contributed by atoms with Crippen LogP contribution in [0.4, 0.5) is 0 Å². The predicted octanol–water partition coefficient (Wildman–Crippen LogP) is 5.20. The van der Waals surface area contributed by atoms with E-state index in [1.165, 1.54) is 24.8 Å². The highest BCUT2D eigenvalue weighted by molar-refractivity contribution is 5.27. The summed E-state index contributed by atoms with van der Waals surface area (Å²) in [5, 5.41) is 9.56. The first-order chi connectivity index (χ1) is 12.3. The molecule has 0 spiro atoms. The van der Waals surface area contributed by atoms with Gasteiger partial charge in [0.25, 0.3) is 0 Å². The fraction of sp³-hybridized carbons (Fsp3) is 0.739. The zero-order chi connectivity index (χ0) is 19.6. The molecule has 0 aliphatic heterocycles. The molecular weight excluding hydrogens is 322 g/mol. The minimum atomic E-state index is -0.499. The van der Waals surface area contributed by atoms with E-state index in [2.05, 4.69) is 46.8 Å². The Morgan fingerprint density at radius 1 is 1.00 bits per heavy atom. The van der Waals surface area contributed by atoms with Crippen LogP contribution in [-0.2, 0) is 6.42 Å². The average Bonchev–Trinajstić information content (AvgIpc) is 2.60. The Labute approximate surface area is 161 Å². The summed E-state index contributed by atoms with van der Waals surface area (Å²) in [5.74, 6) is 2.73. The van der Waals surface area contributed by atoms with Gasteiger partial charge in [-0.2, -0.15) is 0 Å². The minimum absolute atomic E-state index is 0.0290. The molecule has 3 heteroatoms. The standard InChI is InChI=1S/C23H41NO2/c1-18(2)7-6-8-20(5)14-16-26-22-11-9-21(10-12-22)13-15-23(24,17-25)19(3)4/h9-12,18-20,25H,6-8,13-17,24H2,1-5H3/t20?,23-/m1/s1. The highest BCUT2D eigenvalue weighted by Gasteiger charge is 2.27. The summed E-state index contributed by atoms with van der Waals surface area (Å²) in [5.41, 5.74) is 7.03. The molecule has 3 N–H and O–H groups in total. The third-order valence-electron chi connectivity index (χ3n) is 5.60. The average molecular weight is 364 g/mol. The molecule has 2 atom stereocenters. The van der Waals surface area contributed by atoms with Gasteiger partial charge in [0.05, 0.1) is 13.2 Å². The van der Waals surface area contributed by atoms with Crippen LogP contribution >= 0.6 is 0 Å². The summed E-state index contributed by atoms with van der Waals surface area (Å²) in [4.78, 5) is 0. The molecular formula is C23H41NO2. The van der Waals surface area contributed by atoms with Gasteiger partial charge in [-0.05, 0) is 54.7 Å². The molecule has 150 valence electrons. The Morgan fingerprint density at radius 3 is 2.19 bits per heavy atom. The largest absolute Gasteiger partial charge is 0.494 e. The van der Waals surface area contributed by atoms with Crippen molar-refractivity contribution in [2.24, 2.45) is 23.5 Å². The summed E-state index contributed by atoms with van der Waals surface area (Å²) < 4.78 is 5.90. The smallest absolute Gasteiger partial charge is 0.119 e. The SMILES string of the molecule is CC(C)CCCC(C)CCOc1ccc(CC[C@@](N)(CO)C(C)C)cc1. The van der Waals surface area contributed by atoms with Crippen molar-refractivity contribution in [1.82, 2.24) is 0 Å². The number of aliphatic hydroxyl groups is 1. The molecule has 1 unspecified atom stereocenters. The lowest BCUT2D eigenvalue weighted by Crippen LogP contribution is -2.48. The summed E-state index contributed by atoms with van der Waals surface area (Å²) in [6.45, 7) is 11.8. The van der Waals surface area contributed by atoms with Crippen molar-refractivity contribution in [3.63, 3.8) is 0 Å². The lowest BCUT2D eigenvalue weighted by Gasteiger charge is -2.31. The van der Waals surface area contributed by atoms with Crippen molar-refractivity contribution >= 4 is 0 Å². The normalized spacial score (nSPS) is 15.3. The van der Waals surface area contributed by atoms with Crippen LogP contribution in [0.1, 0.15) is 72.3 Å². The molecule has 1 aromatic rings. The number of ether oxygens (including phenoxy) is 1. The molecule has 0 bridgehead atoms. The Kier molecular flexibility index (Phi) is 10.3. The first kappa shape index (κ1) is 23.0. The van der Waals surface area contributed by atoms with Gasteiger partial charge in [0, 0.05) is 5.54 Å². The van der Waals surface area contributed by atoms with Crippen molar-refractivity contribution in [3.8, 4) is 5.75 Å². The van der Waals surface area contributed by atoms with E-state index < -0.39 is 5.54 Å². The molecule has 0 aromatic heterocycles. The van der Waals surface area contributed by atoms with E-state index in [0.29, 0.717) is 0 Å². The predicted molar refractivity (Wildman–Crippen MR) is 112 cm³/mol. The first-order valence-electron chi connectivity index (χ1n) is 10.4. The number of aliphatic hydroxyl groups excluding tert-OH is 1. The number of nitrogens with two attached hydrogens (primary N) is 1. The van der Waals surface area contributed by atoms with Gasteiger partial charge < -0.3 is 15.6 Å². The van der Waals surface area contributed by atoms with Crippen molar-refractivity contribution in [3.05, 3.63) is 29.8 Å². The molecule has 0 aliphatic carbocycles. The number of hydrogen-bond acceptors (Lipinski definition) is 3. The summed E-state index contributed by atoms with van der Waals surface area (Å²) in [7, 11) is 0. The zero-order valence-corrected chi connectivity index (χ0v) is 17.6. The van der Waals surface area contributed by atoms with Crippen LogP contribution < -0.4 is 10.5 Å². The van der Waals surface area contributed by atoms with Crippen LogP contribution in [0.25, 0.3) is 0 Å². The second kappa shape index (κ2) is 11.6. The second-order valence-electron chi connectivity index (χ2n) is 8.76. The second-order valence-corrected chi connectivity index (χ2v) is 8.76. The molecule has 0 aliphatic rings. The summed E-state index contributed by atoms with van der Waals surface area (Å²) in [6, 6.07) is 8.32. The lowest BCUT2D eigenvalue weighted by molar-refractivity contribution is 0.146. The molecule has 0 heterocycles. The number of benzene rings is 1. The maximum Gasteiger partial charge on any atom is 0.119 e. The lowest BCUT2D eigenvalue weighted by atomic mass is 9.83. The summed E-state index contributed by atoms with van der Waals surface area (Å²) in [6.07, 6.45) is 6.71. The van der Waals surface area contributed by atoms with E-state index in [4.69, 9.17) is 10.5 Å². The molecule has 0 fully saturated rings. The van der Waals surface area contributed by atoms with Gasteiger partial charge in [-0.15, -0.1) is 0 Å². The van der Waals surface area contributed by atoms with Gasteiger partial charge in [-0.1, -0.05) is 66.0 Å². The van der Waals surface area contributed by atoms with Gasteiger partial charge in [0.1, 0.15) is 5.75 Å². The highest BCUT2D eigenvalue weighted by Crippen LogP contribution is 2.22. The fourth-order valence-electron chi connectivity index (χ4n) is 3.08. The van der Waals surface area contributed by atoms with Crippen molar-refractivity contribution in [1.29, 1.82) is 0 Å². The third-order valence-corrected chi connectivity index (χ3v) is 5.60. The molecule has 0 saturated heterocycles. The van der Waals surface area contributed by atoms with Crippen LogP contribution in [0.5, 0.6) is 5.75 Å². The van der Waals surface area contributed by atoms with Crippen molar-refractivity contribution in [2.45, 2.75) is 78.7 Å². The van der Waals surface area contributed by atoms with E-state index in [9.17, 15) is 5.11 Å². The van der Waals surface area contributed by atoms with Crippen LogP contribution in [0.15, 0.2) is 24.3 Å². The molecule has 0 radical (unpaired) electrons. The molecule has 3 nitrogen and oxygen atoms in total. The Hall–Kier alpha value is -1.06. The van der Waals surface area contributed by atoms with E-state index >= 15 is 0 Å². The van der Waals surface area contributed by atoms with Crippen LogP contribution in [-0.4, -0.2) is 23.9 Å². The molecule has 1 aromatic carbocycles. The van der Waals surface area contributed by atoms with Crippen molar-refractivity contribution < 1.29 is 9.84 Å². The highest BCUT2D eigenvalue weighted by atomic mass is 16.5. The monoisotopic (exact) mass is 363 g/mol. The van der Waals surface area contributed by atoms with Crippen molar-refractivity contribution in [2.75, 3.05) is 13.2 Å². The summed E-state index contributed by atoms with van der Waals surface area (Å²) >= 11 is 0. The fourth-order valence-corrected chi connectivity index (χ4v) is 3.08. The van der Waals surface area contributed by atoms with E-state index in [1.54, 1.807) is 0 Å². The topological polar surface area (TPSA) is 55.5 Å². The van der Waals surface area contributed by atoms with Crippen LogP contribution in [0, 0.1) is 17.8 Å². The van der Waals surface area contributed by atoms with Gasteiger partial charge in [-0.25, -0.2) is 0 Å². The number of aryl methyl sites for hydroxylation is 1. The Balaban J connectivity index is 2.32. The minimum Gasteiger partial charge on any atom is -0.494 e. The molecule has 26 heavy (non-hydrogen) atoms.